The van der Waals surface area contributed by atoms with E-state index in [2.05, 4.69) is 5.32 Å². The molecule has 0 unspecified atom stereocenters. The summed E-state index contributed by atoms with van der Waals surface area (Å²) in [6.07, 6.45) is 1.33. The molecule has 3 rings (SSSR count). The minimum absolute atomic E-state index is 0.149. The number of hydrogen-bond donors (Lipinski definition) is 1. The summed E-state index contributed by atoms with van der Waals surface area (Å²) in [4.78, 5) is 28.5. The Labute approximate surface area is 218 Å². The minimum atomic E-state index is -3.81. The SMILES string of the molecule is CNC(=O)[C@@H](Cc1ccccc1)N(Cc1ccccc1C)C(=O)CN(c1ccc(OC)cc1)S(C)(=O)=O. The third-order valence-electron chi connectivity index (χ3n) is 6.16. The zero-order chi connectivity index (χ0) is 27.0. The maximum absolute atomic E-state index is 13.9. The highest BCUT2D eigenvalue weighted by atomic mass is 32.2. The number of nitrogens with zero attached hydrogens (tertiary/aromatic N) is 2. The van der Waals surface area contributed by atoms with Gasteiger partial charge in [-0.1, -0.05) is 54.6 Å². The van der Waals surface area contributed by atoms with Crippen molar-refractivity contribution in [1.82, 2.24) is 10.2 Å². The number of rotatable bonds is 11. The van der Waals surface area contributed by atoms with Crippen molar-refractivity contribution in [3.63, 3.8) is 0 Å². The predicted octanol–water partition coefficient (Wildman–Crippen LogP) is 3.16. The molecule has 0 aliphatic heterocycles. The number of benzene rings is 3. The second kappa shape index (κ2) is 12.4. The lowest BCUT2D eigenvalue weighted by Gasteiger charge is -2.33. The molecule has 0 aliphatic rings. The van der Waals surface area contributed by atoms with Crippen LogP contribution < -0.4 is 14.4 Å². The van der Waals surface area contributed by atoms with Crippen LogP contribution in [-0.4, -0.2) is 58.1 Å². The van der Waals surface area contributed by atoms with Gasteiger partial charge in [0.15, 0.2) is 0 Å². The van der Waals surface area contributed by atoms with Crippen LogP contribution >= 0.6 is 0 Å². The van der Waals surface area contributed by atoms with Gasteiger partial charge in [-0.2, -0.15) is 0 Å². The number of anilines is 1. The third-order valence-corrected chi connectivity index (χ3v) is 7.30. The van der Waals surface area contributed by atoms with Crippen LogP contribution in [0.3, 0.4) is 0 Å². The Morgan fingerprint density at radius 1 is 0.946 bits per heavy atom. The van der Waals surface area contributed by atoms with Crippen LogP contribution in [0.25, 0.3) is 0 Å². The lowest BCUT2D eigenvalue weighted by Crippen LogP contribution is -2.53. The first-order chi connectivity index (χ1) is 17.6. The molecule has 8 nitrogen and oxygen atoms in total. The van der Waals surface area contributed by atoms with E-state index in [4.69, 9.17) is 4.74 Å². The molecule has 37 heavy (non-hydrogen) atoms. The average Bonchev–Trinajstić information content (AvgIpc) is 2.89. The quantitative estimate of drug-likeness (QED) is 0.417. The third kappa shape index (κ3) is 7.33. The average molecular weight is 524 g/mol. The maximum atomic E-state index is 13.9. The van der Waals surface area contributed by atoms with Gasteiger partial charge in [0.25, 0.3) is 0 Å². The van der Waals surface area contributed by atoms with Crippen molar-refractivity contribution in [2.45, 2.75) is 25.9 Å². The van der Waals surface area contributed by atoms with Crippen LogP contribution in [-0.2, 0) is 32.6 Å². The highest BCUT2D eigenvalue weighted by Gasteiger charge is 2.32. The molecule has 1 atom stereocenters. The molecule has 0 saturated heterocycles. The number of ether oxygens (including phenoxy) is 1. The van der Waals surface area contributed by atoms with E-state index in [-0.39, 0.29) is 18.9 Å². The fraction of sp³-hybridized carbons (Fsp3) is 0.286. The van der Waals surface area contributed by atoms with Crippen LogP contribution in [0.2, 0.25) is 0 Å². The van der Waals surface area contributed by atoms with Crippen molar-refractivity contribution in [3.05, 3.63) is 95.6 Å². The number of nitrogens with one attached hydrogen (secondary N) is 1. The highest BCUT2D eigenvalue weighted by molar-refractivity contribution is 7.92. The number of amides is 2. The van der Waals surface area contributed by atoms with Crippen molar-refractivity contribution in [2.24, 2.45) is 0 Å². The lowest BCUT2D eigenvalue weighted by atomic mass is 10.0. The molecule has 0 bridgehead atoms. The van der Waals surface area contributed by atoms with Crippen LogP contribution in [0.15, 0.2) is 78.9 Å². The van der Waals surface area contributed by atoms with E-state index < -0.39 is 28.5 Å². The van der Waals surface area contributed by atoms with Gasteiger partial charge in [0.1, 0.15) is 18.3 Å². The lowest BCUT2D eigenvalue weighted by molar-refractivity contribution is -0.139. The van der Waals surface area contributed by atoms with E-state index in [1.807, 2.05) is 61.5 Å². The predicted molar refractivity (Wildman–Crippen MR) is 145 cm³/mol. The second-order valence-electron chi connectivity index (χ2n) is 8.74. The Balaban J connectivity index is 2.02. The topological polar surface area (TPSA) is 96.0 Å². The first-order valence-corrected chi connectivity index (χ1v) is 13.7. The van der Waals surface area contributed by atoms with Crippen LogP contribution in [0.5, 0.6) is 5.75 Å². The van der Waals surface area contributed by atoms with E-state index in [1.54, 1.807) is 24.3 Å². The Bertz CT molecular complexity index is 1310. The largest absolute Gasteiger partial charge is 0.497 e. The Morgan fingerprint density at radius 3 is 2.14 bits per heavy atom. The smallest absolute Gasteiger partial charge is 0.244 e. The molecule has 0 aromatic heterocycles. The van der Waals surface area contributed by atoms with Gasteiger partial charge in [-0.3, -0.25) is 13.9 Å². The summed E-state index contributed by atoms with van der Waals surface area (Å²) in [7, 11) is -0.773. The first-order valence-electron chi connectivity index (χ1n) is 11.8. The number of aryl methyl sites for hydroxylation is 1. The normalized spacial score (nSPS) is 11.9. The van der Waals surface area contributed by atoms with Gasteiger partial charge >= 0.3 is 0 Å². The zero-order valence-electron chi connectivity index (χ0n) is 21.5. The van der Waals surface area contributed by atoms with E-state index >= 15 is 0 Å². The number of sulfonamides is 1. The minimum Gasteiger partial charge on any atom is -0.497 e. The van der Waals surface area contributed by atoms with Crippen molar-refractivity contribution in [3.8, 4) is 5.75 Å². The Morgan fingerprint density at radius 2 is 1.57 bits per heavy atom. The number of carbonyl (C=O) groups excluding carboxylic acids is 2. The van der Waals surface area contributed by atoms with Crippen molar-refractivity contribution >= 4 is 27.5 Å². The van der Waals surface area contributed by atoms with Gasteiger partial charge < -0.3 is 15.0 Å². The summed E-state index contributed by atoms with van der Waals surface area (Å²) in [6, 6.07) is 22.6. The Hall–Kier alpha value is -3.85. The van der Waals surface area contributed by atoms with Crippen LogP contribution in [0.1, 0.15) is 16.7 Å². The van der Waals surface area contributed by atoms with Crippen molar-refractivity contribution < 1.29 is 22.7 Å². The van der Waals surface area contributed by atoms with Crippen molar-refractivity contribution in [1.29, 1.82) is 0 Å². The molecular weight excluding hydrogens is 490 g/mol. The number of likely N-dealkylation sites (N-methyl/N-ethyl adjacent to an activating group) is 1. The monoisotopic (exact) mass is 523 g/mol. The first kappa shape index (κ1) is 27.7. The fourth-order valence-corrected chi connectivity index (χ4v) is 4.90. The highest BCUT2D eigenvalue weighted by Crippen LogP contribution is 2.23. The summed E-state index contributed by atoms with van der Waals surface area (Å²) >= 11 is 0. The molecule has 0 spiro atoms. The molecule has 0 fully saturated rings. The molecule has 9 heteroatoms. The van der Waals surface area contributed by atoms with Gasteiger partial charge in [-0.25, -0.2) is 8.42 Å². The maximum Gasteiger partial charge on any atom is 0.244 e. The molecule has 0 saturated carbocycles. The molecule has 0 heterocycles. The summed E-state index contributed by atoms with van der Waals surface area (Å²) in [6.45, 7) is 1.63. The summed E-state index contributed by atoms with van der Waals surface area (Å²) in [5.41, 5.74) is 3.04. The molecule has 0 aliphatic carbocycles. The van der Waals surface area contributed by atoms with Gasteiger partial charge in [0.05, 0.1) is 19.1 Å². The van der Waals surface area contributed by atoms with E-state index in [0.717, 1.165) is 27.3 Å². The van der Waals surface area contributed by atoms with E-state index in [1.165, 1.54) is 19.1 Å². The van der Waals surface area contributed by atoms with Crippen LogP contribution in [0.4, 0.5) is 5.69 Å². The molecular formula is C28H33N3O5S. The molecule has 3 aromatic rings. The van der Waals surface area contributed by atoms with Gasteiger partial charge in [-0.15, -0.1) is 0 Å². The molecule has 3 aromatic carbocycles. The van der Waals surface area contributed by atoms with Gasteiger partial charge in [0, 0.05) is 20.0 Å². The molecule has 0 radical (unpaired) electrons. The Kier molecular flexibility index (Phi) is 9.30. The molecule has 2 amide bonds. The van der Waals surface area contributed by atoms with Crippen molar-refractivity contribution in [2.75, 3.05) is 31.3 Å². The number of methoxy groups -OCH3 is 1. The molecule has 1 N–H and O–H groups in total. The van der Waals surface area contributed by atoms with E-state index in [0.29, 0.717) is 11.4 Å². The van der Waals surface area contributed by atoms with Gasteiger partial charge in [0.2, 0.25) is 21.8 Å². The molecule has 196 valence electrons. The van der Waals surface area contributed by atoms with Gasteiger partial charge in [-0.05, 0) is 47.9 Å². The van der Waals surface area contributed by atoms with Crippen LogP contribution in [0, 0.1) is 6.92 Å². The zero-order valence-corrected chi connectivity index (χ0v) is 22.4. The number of carbonyl (C=O) groups is 2. The summed E-state index contributed by atoms with van der Waals surface area (Å²) < 4.78 is 31.7. The fourth-order valence-electron chi connectivity index (χ4n) is 4.05. The summed E-state index contributed by atoms with van der Waals surface area (Å²) in [5, 5.41) is 2.67. The van der Waals surface area contributed by atoms with E-state index in [9.17, 15) is 18.0 Å². The number of hydrogen-bond acceptors (Lipinski definition) is 5. The summed E-state index contributed by atoms with van der Waals surface area (Å²) in [5.74, 6) is -0.262. The second-order valence-corrected chi connectivity index (χ2v) is 10.6. The standard InChI is InChI=1S/C28H33N3O5S/c1-21-10-8-9-13-23(21)19-30(26(28(33)29-2)18-22-11-6-5-7-12-22)27(32)20-31(37(4,34)35)24-14-16-25(36-3)17-15-24/h5-17,26H,18-20H2,1-4H3,(H,29,33)/t26-/m1/s1.